The van der Waals surface area contributed by atoms with Crippen LogP contribution in [0.4, 0.5) is 0 Å². The molecular weight excluding hydrogens is 216 g/mol. The lowest BCUT2D eigenvalue weighted by molar-refractivity contribution is -0.120. The number of primary amides is 1. The van der Waals surface area contributed by atoms with Gasteiger partial charge in [-0.05, 0) is 26.9 Å². The van der Waals surface area contributed by atoms with E-state index in [1.807, 2.05) is 0 Å². The van der Waals surface area contributed by atoms with Gasteiger partial charge < -0.3 is 16.0 Å². The van der Waals surface area contributed by atoms with Gasteiger partial charge in [-0.1, -0.05) is 6.92 Å². The van der Waals surface area contributed by atoms with Crippen LogP contribution in [0.1, 0.15) is 20.3 Å². The molecule has 1 rings (SSSR count). The quantitative estimate of drug-likeness (QED) is 0.658. The van der Waals surface area contributed by atoms with Gasteiger partial charge >= 0.3 is 0 Å². The molecule has 0 aromatic heterocycles. The van der Waals surface area contributed by atoms with E-state index in [-0.39, 0.29) is 11.9 Å². The topological polar surface area (TPSA) is 61.6 Å². The average Bonchev–Trinajstić information content (AvgIpc) is 2.29. The molecule has 5 heteroatoms. The summed E-state index contributed by atoms with van der Waals surface area (Å²) in [4.78, 5) is 16.0. The fraction of sp³-hybridized carbons (Fsp3) is 0.917. The Morgan fingerprint density at radius 3 is 2.71 bits per heavy atom. The molecule has 1 amide bonds. The molecule has 1 saturated heterocycles. The molecule has 1 aliphatic rings. The third kappa shape index (κ3) is 4.26. The molecule has 0 radical (unpaired) electrons. The fourth-order valence-electron chi connectivity index (χ4n) is 2.48. The smallest absolute Gasteiger partial charge is 0.234 e. The number of piperazine rings is 1. The van der Waals surface area contributed by atoms with E-state index < -0.39 is 0 Å². The van der Waals surface area contributed by atoms with Crippen molar-refractivity contribution in [2.45, 2.75) is 32.4 Å². The Balaban J connectivity index is 2.31. The number of nitrogens with two attached hydrogens (primary N) is 1. The minimum absolute atomic E-state index is 0.200. The number of nitrogens with one attached hydrogen (secondary N) is 1. The standard InChI is InChI=1S/C12H26N4O/c1-4-16-8-7-15(9-10(16)2)6-5-11(14-3)12(13)17/h10-11,14H,4-9H2,1-3H3,(H2,13,17). The Bertz CT molecular complexity index is 247. The van der Waals surface area contributed by atoms with Crippen molar-refractivity contribution in [3.05, 3.63) is 0 Å². The van der Waals surface area contributed by atoms with Crippen LogP contribution < -0.4 is 11.1 Å². The first-order chi connectivity index (χ1) is 8.08. The molecule has 3 N–H and O–H groups in total. The minimum Gasteiger partial charge on any atom is -0.368 e. The fourth-order valence-corrected chi connectivity index (χ4v) is 2.48. The van der Waals surface area contributed by atoms with Crippen molar-refractivity contribution in [2.75, 3.05) is 39.8 Å². The highest BCUT2D eigenvalue weighted by atomic mass is 16.1. The van der Waals surface area contributed by atoms with Crippen LogP contribution in [0.15, 0.2) is 0 Å². The Hall–Kier alpha value is -0.650. The van der Waals surface area contributed by atoms with Crippen LogP contribution >= 0.6 is 0 Å². The van der Waals surface area contributed by atoms with Gasteiger partial charge in [0.15, 0.2) is 0 Å². The summed E-state index contributed by atoms with van der Waals surface area (Å²) >= 11 is 0. The summed E-state index contributed by atoms with van der Waals surface area (Å²) in [5.74, 6) is -0.257. The van der Waals surface area contributed by atoms with E-state index >= 15 is 0 Å². The monoisotopic (exact) mass is 242 g/mol. The van der Waals surface area contributed by atoms with E-state index in [0.29, 0.717) is 6.04 Å². The lowest BCUT2D eigenvalue weighted by Gasteiger charge is -2.39. The van der Waals surface area contributed by atoms with Gasteiger partial charge in [-0.25, -0.2) is 0 Å². The van der Waals surface area contributed by atoms with Gasteiger partial charge in [0.2, 0.25) is 5.91 Å². The lowest BCUT2D eigenvalue weighted by atomic mass is 10.1. The van der Waals surface area contributed by atoms with Crippen LogP contribution in [0.25, 0.3) is 0 Å². The van der Waals surface area contributed by atoms with Crippen LogP contribution in [0, 0.1) is 0 Å². The summed E-state index contributed by atoms with van der Waals surface area (Å²) in [6, 6.07) is 0.407. The van der Waals surface area contributed by atoms with E-state index in [1.165, 1.54) is 0 Å². The molecule has 2 atom stereocenters. The summed E-state index contributed by atoms with van der Waals surface area (Å²) in [6.07, 6.45) is 0.796. The zero-order valence-electron chi connectivity index (χ0n) is 11.3. The largest absolute Gasteiger partial charge is 0.368 e. The Morgan fingerprint density at radius 2 is 2.24 bits per heavy atom. The molecule has 0 bridgehead atoms. The molecular formula is C12H26N4O. The number of rotatable bonds is 6. The number of carbonyl (C=O) groups excluding carboxylic acids is 1. The number of hydrogen-bond acceptors (Lipinski definition) is 4. The third-order valence-electron chi connectivity index (χ3n) is 3.68. The van der Waals surface area contributed by atoms with Gasteiger partial charge in [-0.2, -0.15) is 0 Å². The third-order valence-corrected chi connectivity index (χ3v) is 3.68. The second-order valence-corrected chi connectivity index (χ2v) is 4.81. The van der Waals surface area contributed by atoms with E-state index in [2.05, 4.69) is 29.0 Å². The van der Waals surface area contributed by atoms with Crippen LogP contribution in [0.2, 0.25) is 0 Å². The van der Waals surface area contributed by atoms with E-state index in [0.717, 1.165) is 39.1 Å². The highest BCUT2D eigenvalue weighted by Gasteiger charge is 2.23. The number of carbonyl (C=O) groups is 1. The normalized spacial score (nSPS) is 24.8. The summed E-state index contributed by atoms with van der Waals surface area (Å²) in [5, 5.41) is 2.96. The first-order valence-electron chi connectivity index (χ1n) is 6.51. The maximum absolute atomic E-state index is 11.1. The van der Waals surface area contributed by atoms with E-state index in [9.17, 15) is 4.79 Å². The SMILES string of the molecule is CCN1CCN(CCC(NC)C(N)=O)CC1C. The van der Waals surface area contributed by atoms with Crippen LogP contribution in [0.3, 0.4) is 0 Å². The highest BCUT2D eigenvalue weighted by molar-refractivity contribution is 5.79. The average molecular weight is 242 g/mol. The number of nitrogens with zero attached hydrogens (tertiary/aromatic N) is 2. The Kier molecular flexibility index (Phi) is 5.88. The van der Waals surface area contributed by atoms with Gasteiger partial charge in [0.25, 0.3) is 0 Å². The van der Waals surface area contributed by atoms with E-state index in [4.69, 9.17) is 5.73 Å². The molecule has 0 saturated carbocycles. The Labute approximate surface area is 104 Å². The van der Waals surface area contributed by atoms with Gasteiger partial charge in [0.1, 0.15) is 0 Å². The summed E-state index contributed by atoms with van der Waals surface area (Å²) in [7, 11) is 1.78. The van der Waals surface area contributed by atoms with Crippen molar-refractivity contribution in [1.82, 2.24) is 15.1 Å². The van der Waals surface area contributed by atoms with Crippen molar-refractivity contribution >= 4 is 5.91 Å². The predicted molar refractivity (Wildman–Crippen MR) is 69.8 cm³/mol. The molecule has 100 valence electrons. The zero-order valence-corrected chi connectivity index (χ0v) is 11.3. The maximum Gasteiger partial charge on any atom is 0.234 e. The van der Waals surface area contributed by atoms with Crippen molar-refractivity contribution in [1.29, 1.82) is 0 Å². The molecule has 0 aromatic carbocycles. The molecule has 1 aliphatic heterocycles. The second-order valence-electron chi connectivity index (χ2n) is 4.81. The first kappa shape index (κ1) is 14.4. The molecule has 5 nitrogen and oxygen atoms in total. The maximum atomic E-state index is 11.1. The van der Waals surface area contributed by atoms with Gasteiger partial charge in [-0.3, -0.25) is 9.69 Å². The molecule has 17 heavy (non-hydrogen) atoms. The lowest BCUT2D eigenvalue weighted by Crippen LogP contribution is -2.52. The minimum atomic E-state index is -0.257. The number of likely N-dealkylation sites (N-methyl/N-ethyl adjacent to an activating group) is 2. The first-order valence-corrected chi connectivity index (χ1v) is 6.51. The van der Waals surface area contributed by atoms with Gasteiger partial charge in [0, 0.05) is 32.2 Å². The molecule has 0 aliphatic carbocycles. The second kappa shape index (κ2) is 6.93. The molecule has 2 unspecified atom stereocenters. The van der Waals surface area contributed by atoms with Crippen LogP contribution in [0.5, 0.6) is 0 Å². The molecule has 1 heterocycles. The van der Waals surface area contributed by atoms with Gasteiger partial charge in [0.05, 0.1) is 6.04 Å². The molecule has 0 aromatic rings. The van der Waals surface area contributed by atoms with Gasteiger partial charge in [-0.15, -0.1) is 0 Å². The van der Waals surface area contributed by atoms with Crippen LogP contribution in [-0.4, -0.2) is 67.6 Å². The Morgan fingerprint density at radius 1 is 1.53 bits per heavy atom. The van der Waals surface area contributed by atoms with Crippen LogP contribution in [-0.2, 0) is 4.79 Å². The van der Waals surface area contributed by atoms with Crippen molar-refractivity contribution < 1.29 is 4.79 Å². The molecule has 1 fully saturated rings. The predicted octanol–water partition coefficient (Wildman–Crippen LogP) is -0.524. The summed E-state index contributed by atoms with van der Waals surface area (Å²) < 4.78 is 0. The van der Waals surface area contributed by atoms with Crippen molar-refractivity contribution in [3.63, 3.8) is 0 Å². The zero-order chi connectivity index (χ0) is 12.8. The molecule has 0 spiro atoms. The highest BCUT2D eigenvalue weighted by Crippen LogP contribution is 2.09. The van der Waals surface area contributed by atoms with Crippen molar-refractivity contribution in [3.8, 4) is 0 Å². The summed E-state index contributed by atoms with van der Waals surface area (Å²) in [6.45, 7) is 9.83. The number of hydrogen-bond donors (Lipinski definition) is 2. The van der Waals surface area contributed by atoms with Crippen molar-refractivity contribution in [2.24, 2.45) is 5.73 Å². The summed E-state index contributed by atoms with van der Waals surface area (Å²) in [5.41, 5.74) is 5.31. The van der Waals surface area contributed by atoms with E-state index in [1.54, 1.807) is 7.05 Å². The number of amides is 1.